The lowest BCUT2D eigenvalue weighted by molar-refractivity contribution is -0.163. The Kier molecular flexibility index (Phi) is 11.3. The molecule has 53 heavy (non-hydrogen) atoms. The van der Waals surface area contributed by atoms with Crippen LogP contribution in [-0.4, -0.2) is 68.7 Å². The number of likely N-dealkylation sites (N-methyl/N-ethyl adjacent to an activating group) is 1. The van der Waals surface area contributed by atoms with E-state index in [1.165, 1.54) is 24.2 Å². The van der Waals surface area contributed by atoms with E-state index in [2.05, 4.69) is 20.6 Å². The number of aliphatic hydroxyl groups excluding tert-OH is 1. The summed E-state index contributed by atoms with van der Waals surface area (Å²) in [5.41, 5.74) is -6.93. The molecule has 1 aliphatic carbocycles. The standard InChI is InChI=1S/C35H36F8N6O4/c1-4-19(2)44-13-14-53-25-10-7-20(28(36)29(25)37)17-49-32(52)27(30(50)33(48(49)3)11-5-6-12-33)31(51)47-23-9-8-21(34(38,39)40)15-22(23)24-16-26(35(41,42)43)46-18-45-24/h7-10,15-16,18-19,44,50H,4-6,11-14,17H2,1-3H3,(H,47,51)/t19-/m0/s1. The Morgan fingerprint density at radius 2 is 1.72 bits per heavy atom. The number of aliphatic hydroxyl groups is 1. The first-order chi connectivity index (χ1) is 24.9. The number of nitrogens with zero attached hydrogens (tertiary/aromatic N) is 4. The van der Waals surface area contributed by atoms with E-state index in [1.807, 2.05) is 13.8 Å². The van der Waals surface area contributed by atoms with Gasteiger partial charge in [-0.2, -0.15) is 30.7 Å². The molecule has 286 valence electrons. The van der Waals surface area contributed by atoms with Gasteiger partial charge in [-0.3, -0.25) is 14.6 Å². The van der Waals surface area contributed by atoms with Gasteiger partial charge in [-0.1, -0.05) is 25.8 Å². The number of hydrogen-bond donors (Lipinski definition) is 3. The van der Waals surface area contributed by atoms with Crippen LogP contribution in [0.15, 0.2) is 54.1 Å². The van der Waals surface area contributed by atoms with E-state index >= 15 is 8.78 Å². The van der Waals surface area contributed by atoms with Crippen molar-refractivity contribution in [2.24, 2.45) is 0 Å². The van der Waals surface area contributed by atoms with E-state index in [0.29, 0.717) is 43.9 Å². The molecule has 18 heteroatoms. The highest BCUT2D eigenvalue weighted by molar-refractivity contribution is 6.24. The third kappa shape index (κ3) is 8.07. The zero-order valence-corrected chi connectivity index (χ0v) is 28.8. The van der Waals surface area contributed by atoms with Crippen molar-refractivity contribution in [2.45, 2.75) is 76.4 Å². The molecule has 2 amide bonds. The first-order valence-corrected chi connectivity index (χ1v) is 16.6. The molecule has 1 fully saturated rings. The van der Waals surface area contributed by atoms with Crippen LogP contribution >= 0.6 is 0 Å². The maximum Gasteiger partial charge on any atom is 0.433 e. The SMILES string of the molecule is CC[C@H](C)NCCOc1ccc(CN2C(=O)C(C(=O)Nc3ccc(C(F)(F)F)cc3-c3cc(C(F)(F)F)ncn3)=C(O)C3(CCCC3)N2C)c(F)c1F. The Morgan fingerprint density at radius 3 is 2.36 bits per heavy atom. The Balaban J connectivity index is 1.48. The Bertz CT molecular complexity index is 1890. The summed E-state index contributed by atoms with van der Waals surface area (Å²) in [7, 11) is 1.44. The van der Waals surface area contributed by atoms with Gasteiger partial charge in [-0.15, -0.1) is 0 Å². The number of ether oxygens (including phenoxy) is 1. The number of carbonyl (C=O) groups excluding carboxylic acids is 2. The van der Waals surface area contributed by atoms with E-state index < -0.39 is 87.4 Å². The van der Waals surface area contributed by atoms with Crippen molar-refractivity contribution in [3.63, 3.8) is 0 Å². The number of anilines is 1. The molecular formula is C35H36F8N6O4. The first kappa shape index (κ1) is 39.4. The number of hydrazine groups is 1. The highest BCUT2D eigenvalue weighted by Gasteiger charge is 2.53. The molecule has 2 aliphatic rings. The lowest BCUT2D eigenvalue weighted by Gasteiger charge is -2.48. The number of nitrogens with one attached hydrogen (secondary N) is 2. The Labute approximate surface area is 298 Å². The molecule has 1 spiro atoms. The highest BCUT2D eigenvalue weighted by atomic mass is 19.4. The Morgan fingerprint density at radius 1 is 1.02 bits per heavy atom. The van der Waals surface area contributed by atoms with Gasteiger partial charge < -0.3 is 20.5 Å². The average molecular weight is 757 g/mol. The van der Waals surface area contributed by atoms with Crippen LogP contribution in [0.1, 0.15) is 62.8 Å². The minimum Gasteiger partial charge on any atom is -0.509 e. The van der Waals surface area contributed by atoms with Crippen LogP contribution < -0.4 is 15.4 Å². The van der Waals surface area contributed by atoms with E-state index in [1.54, 1.807) is 0 Å². The number of halogens is 8. The second-order valence-electron chi connectivity index (χ2n) is 12.8. The summed E-state index contributed by atoms with van der Waals surface area (Å²) in [5, 5.41) is 19.2. The van der Waals surface area contributed by atoms with Crippen molar-refractivity contribution in [3.8, 4) is 17.0 Å². The van der Waals surface area contributed by atoms with Crippen molar-refractivity contribution in [1.29, 1.82) is 0 Å². The minimum atomic E-state index is -4.99. The summed E-state index contributed by atoms with van der Waals surface area (Å²) in [6.45, 7) is 3.74. The number of hydrogen-bond acceptors (Lipinski definition) is 8. The monoisotopic (exact) mass is 756 g/mol. The summed E-state index contributed by atoms with van der Waals surface area (Å²) in [4.78, 5) is 34.7. The normalized spacial score (nSPS) is 17.1. The molecule has 0 unspecified atom stereocenters. The molecule has 1 aromatic heterocycles. The second-order valence-corrected chi connectivity index (χ2v) is 12.8. The van der Waals surface area contributed by atoms with Crippen LogP contribution in [0.5, 0.6) is 5.75 Å². The van der Waals surface area contributed by atoms with Gasteiger partial charge in [0.2, 0.25) is 5.82 Å². The number of carbonyl (C=O) groups is 2. The van der Waals surface area contributed by atoms with Crippen LogP contribution in [0.4, 0.5) is 40.8 Å². The molecule has 3 aromatic rings. The topological polar surface area (TPSA) is 120 Å². The molecular weight excluding hydrogens is 720 g/mol. The van der Waals surface area contributed by atoms with E-state index in [0.717, 1.165) is 17.5 Å². The highest BCUT2D eigenvalue weighted by Crippen LogP contribution is 2.45. The number of amides is 2. The van der Waals surface area contributed by atoms with Gasteiger partial charge in [0.1, 0.15) is 30.0 Å². The van der Waals surface area contributed by atoms with Crippen LogP contribution in [0.3, 0.4) is 0 Å². The molecule has 2 aromatic carbocycles. The molecule has 0 bridgehead atoms. The summed E-state index contributed by atoms with van der Waals surface area (Å²) >= 11 is 0. The average Bonchev–Trinajstić information content (AvgIpc) is 3.61. The molecule has 5 rings (SSSR count). The lowest BCUT2D eigenvalue weighted by Crippen LogP contribution is -2.62. The predicted molar refractivity (Wildman–Crippen MR) is 175 cm³/mol. The van der Waals surface area contributed by atoms with E-state index in [9.17, 15) is 41.0 Å². The molecule has 2 heterocycles. The number of rotatable bonds is 11. The van der Waals surface area contributed by atoms with Gasteiger partial charge in [0.15, 0.2) is 11.6 Å². The van der Waals surface area contributed by atoms with Crippen LogP contribution in [-0.2, 0) is 28.5 Å². The largest absolute Gasteiger partial charge is 0.509 e. The van der Waals surface area contributed by atoms with Crippen molar-refractivity contribution in [3.05, 3.63) is 82.5 Å². The van der Waals surface area contributed by atoms with Crippen molar-refractivity contribution in [2.75, 3.05) is 25.5 Å². The van der Waals surface area contributed by atoms with Gasteiger partial charge in [0, 0.05) is 30.8 Å². The summed E-state index contributed by atoms with van der Waals surface area (Å²) < 4.78 is 117. The smallest absolute Gasteiger partial charge is 0.433 e. The molecule has 1 atom stereocenters. The minimum absolute atomic E-state index is 0.0415. The number of alkyl halides is 6. The van der Waals surface area contributed by atoms with Crippen LogP contribution in [0, 0.1) is 11.6 Å². The molecule has 0 radical (unpaired) electrons. The number of aromatic nitrogens is 2. The lowest BCUT2D eigenvalue weighted by atomic mass is 9.88. The Hall–Kier alpha value is -4.84. The summed E-state index contributed by atoms with van der Waals surface area (Å²) in [6, 6.07) is 4.79. The third-order valence-corrected chi connectivity index (χ3v) is 9.51. The molecule has 10 nitrogen and oxygen atoms in total. The molecule has 0 saturated heterocycles. The van der Waals surface area contributed by atoms with Crippen LogP contribution in [0.25, 0.3) is 11.3 Å². The molecule has 3 N–H and O–H groups in total. The maximum atomic E-state index is 15.4. The maximum absolute atomic E-state index is 15.4. The van der Waals surface area contributed by atoms with Crippen LogP contribution in [0.2, 0.25) is 0 Å². The quantitative estimate of drug-likeness (QED) is 0.107. The first-order valence-electron chi connectivity index (χ1n) is 16.6. The van der Waals surface area contributed by atoms with Crippen molar-refractivity contribution in [1.82, 2.24) is 25.3 Å². The number of benzene rings is 2. The summed E-state index contributed by atoms with van der Waals surface area (Å²) in [5.74, 6) is -6.12. The van der Waals surface area contributed by atoms with Crippen molar-refractivity contribution < 1.29 is 54.6 Å². The van der Waals surface area contributed by atoms with E-state index in [-0.39, 0.29) is 36.8 Å². The van der Waals surface area contributed by atoms with Gasteiger partial charge in [-0.05, 0) is 56.5 Å². The van der Waals surface area contributed by atoms with Gasteiger partial charge >= 0.3 is 12.4 Å². The van der Waals surface area contributed by atoms with Gasteiger partial charge in [0.25, 0.3) is 11.8 Å². The zero-order valence-electron chi connectivity index (χ0n) is 28.8. The molecule has 1 aliphatic heterocycles. The zero-order chi connectivity index (χ0) is 38.9. The van der Waals surface area contributed by atoms with Crippen molar-refractivity contribution >= 4 is 17.5 Å². The van der Waals surface area contributed by atoms with Gasteiger partial charge in [-0.25, -0.2) is 19.4 Å². The van der Waals surface area contributed by atoms with E-state index in [4.69, 9.17) is 4.74 Å². The second kappa shape index (κ2) is 15.3. The fraction of sp³-hybridized carbons (Fsp3) is 0.429. The fourth-order valence-electron chi connectivity index (χ4n) is 6.35. The molecule has 1 saturated carbocycles. The predicted octanol–water partition coefficient (Wildman–Crippen LogP) is 7.18. The third-order valence-electron chi connectivity index (χ3n) is 9.51. The van der Waals surface area contributed by atoms with Gasteiger partial charge in [0.05, 0.1) is 29.0 Å². The fourth-order valence-corrected chi connectivity index (χ4v) is 6.35. The summed E-state index contributed by atoms with van der Waals surface area (Å²) in [6.07, 6.45) is -7.03.